The molecule has 2 aromatic rings. The van der Waals surface area contributed by atoms with Gasteiger partial charge >= 0.3 is 5.97 Å². The molecule has 1 radical (unpaired) electrons. The lowest BCUT2D eigenvalue weighted by Crippen LogP contribution is -2.06. The van der Waals surface area contributed by atoms with Gasteiger partial charge in [-0.3, -0.25) is 0 Å². The van der Waals surface area contributed by atoms with E-state index in [0.29, 0.717) is 0 Å². The molecule has 1 heterocycles. The number of alkyl halides is 1. The minimum Gasteiger partial charge on any atom is -0.356 e. The molecule has 0 spiro atoms. The van der Waals surface area contributed by atoms with Gasteiger partial charge < -0.3 is 4.52 Å². The van der Waals surface area contributed by atoms with Crippen molar-refractivity contribution in [3.8, 4) is 11.3 Å². The summed E-state index contributed by atoms with van der Waals surface area (Å²) >= 11 is 12.0. The maximum Gasteiger partial charge on any atom is 0.392 e. The van der Waals surface area contributed by atoms with E-state index in [0.717, 1.165) is 0 Å². The zero-order valence-electron chi connectivity index (χ0n) is 9.95. The minimum atomic E-state index is -1.78. The molecule has 1 fully saturated rings. The molecule has 0 bridgehead atoms. The Hall–Kier alpha value is -1.59. The second-order valence-corrected chi connectivity index (χ2v) is 5.40. The SMILES string of the molecule is [O]C(=O)c1c(-c2c(Cl)cccc2Cl)noc1C1(F)CC1. The summed E-state index contributed by atoms with van der Waals surface area (Å²) in [6.07, 6.45) is 0.385. The topological polar surface area (TPSA) is 63.0 Å². The second kappa shape index (κ2) is 4.46. The summed E-state index contributed by atoms with van der Waals surface area (Å²) in [6.45, 7) is 0. The lowest BCUT2D eigenvalue weighted by atomic mass is 10.0. The van der Waals surface area contributed by atoms with Crippen LogP contribution in [0.3, 0.4) is 0 Å². The normalized spacial score (nSPS) is 16.1. The molecular formula is C13H7Cl2FNO3. The van der Waals surface area contributed by atoms with E-state index < -0.39 is 17.2 Å². The van der Waals surface area contributed by atoms with Gasteiger partial charge in [-0.1, -0.05) is 34.4 Å². The van der Waals surface area contributed by atoms with Gasteiger partial charge in [0.25, 0.3) is 0 Å². The highest BCUT2D eigenvalue weighted by atomic mass is 35.5. The standard InChI is InChI=1S/C13H7Cl2FNO3/c14-6-2-1-3-7(15)8(6)10-9(12(18)19)11(20-17-10)13(16)4-5-13/h1-3H,4-5H2. The van der Waals surface area contributed by atoms with Crippen molar-refractivity contribution in [2.45, 2.75) is 18.5 Å². The molecule has 1 aliphatic carbocycles. The fraction of sp³-hybridized carbons (Fsp3) is 0.231. The lowest BCUT2D eigenvalue weighted by Gasteiger charge is -2.04. The van der Waals surface area contributed by atoms with Crippen molar-refractivity contribution >= 4 is 29.2 Å². The summed E-state index contributed by atoms with van der Waals surface area (Å²) in [5, 5.41) is 15.3. The van der Waals surface area contributed by atoms with E-state index in [1.54, 1.807) is 6.07 Å². The largest absolute Gasteiger partial charge is 0.392 e. The third kappa shape index (κ3) is 1.98. The van der Waals surface area contributed by atoms with Crippen LogP contribution in [0.4, 0.5) is 4.39 Å². The molecule has 0 atom stereocenters. The number of hydrogen-bond donors (Lipinski definition) is 0. The average molecular weight is 315 g/mol. The van der Waals surface area contributed by atoms with Gasteiger partial charge in [0.05, 0.1) is 10.0 Å². The fourth-order valence-electron chi connectivity index (χ4n) is 2.02. The van der Waals surface area contributed by atoms with E-state index in [1.165, 1.54) is 12.1 Å². The van der Waals surface area contributed by atoms with Gasteiger partial charge in [-0.2, -0.15) is 0 Å². The van der Waals surface area contributed by atoms with Crippen molar-refractivity contribution in [2.75, 3.05) is 0 Å². The number of halogens is 3. The van der Waals surface area contributed by atoms with Gasteiger partial charge in [-0.05, 0) is 25.0 Å². The Kier molecular flexibility index (Phi) is 2.99. The van der Waals surface area contributed by atoms with Crippen molar-refractivity contribution in [1.29, 1.82) is 0 Å². The van der Waals surface area contributed by atoms with Crippen LogP contribution < -0.4 is 0 Å². The van der Waals surface area contributed by atoms with E-state index in [9.17, 15) is 14.3 Å². The zero-order chi connectivity index (χ0) is 14.5. The first-order valence-corrected chi connectivity index (χ1v) is 6.54. The summed E-state index contributed by atoms with van der Waals surface area (Å²) in [6, 6.07) is 4.66. The van der Waals surface area contributed by atoms with Gasteiger partial charge in [-0.15, -0.1) is 0 Å². The highest BCUT2D eigenvalue weighted by Crippen LogP contribution is 2.52. The van der Waals surface area contributed by atoms with Crippen LogP contribution in [0.1, 0.15) is 29.0 Å². The molecule has 0 aliphatic heterocycles. The van der Waals surface area contributed by atoms with Crippen molar-refractivity contribution in [1.82, 2.24) is 5.16 Å². The highest BCUT2D eigenvalue weighted by molar-refractivity contribution is 6.39. The number of aromatic nitrogens is 1. The van der Waals surface area contributed by atoms with Crippen LogP contribution in [0, 0.1) is 0 Å². The van der Waals surface area contributed by atoms with Crippen LogP contribution in [0.25, 0.3) is 11.3 Å². The quantitative estimate of drug-likeness (QED) is 0.853. The van der Waals surface area contributed by atoms with Crippen LogP contribution in [0.5, 0.6) is 0 Å². The maximum atomic E-state index is 14.1. The molecule has 0 saturated heterocycles. The zero-order valence-corrected chi connectivity index (χ0v) is 11.5. The monoisotopic (exact) mass is 314 g/mol. The average Bonchev–Trinajstić information content (AvgIpc) is 2.96. The first-order valence-electron chi connectivity index (χ1n) is 5.79. The van der Waals surface area contributed by atoms with Crippen LogP contribution in [0.2, 0.25) is 10.0 Å². The van der Waals surface area contributed by atoms with E-state index >= 15 is 0 Å². The van der Waals surface area contributed by atoms with Crippen LogP contribution >= 0.6 is 23.2 Å². The van der Waals surface area contributed by atoms with Gasteiger partial charge in [0.1, 0.15) is 11.3 Å². The van der Waals surface area contributed by atoms with Crippen molar-refractivity contribution in [3.05, 3.63) is 39.6 Å². The third-order valence-electron chi connectivity index (χ3n) is 3.19. The number of carbonyl (C=O) groups is 1. The van der Waals surface area contributed by atoms with E-state index in [-0.39, 0.29) is 39.9 Å². The summed E-state index contributed by atoms with van der Waals surface area (Å²) in [7, 11) is 0. The number of carbonyl (C=O) groups excluding carboxylic acids is 1. The maximum absolute atomic E-state index is 14.1. The molecule has 103 valence electrons. The molecule has 7 heteroatoms. The summed E-state index contributed by atoms with van der Waals surface area (Å²) in [5.74, 6) is -1.90. The van der Waals surface area contributed by atoms with Gasteiger partial charge in [0.15, 0.2) is 11.4 Å². The fourth-order valence-corrected chi connectivity index (χ4v) is 2.59. The Morgan fingerprint density at radius 3 is 2.40 bits per heavy atom. The van der Waals surface area contributed by atoms with E-state index in [4.69, 9.17) is 27.7 Å². The van der Waals surface area contributed by atoms with Crippen molar-refractivity contribution < 1.29 is 18.8 Å². The van der Waals surface area contributed by atoms with Crippen molar-refractivity contribution in [2.24, 2.45) is 0 Å². The van der Waals surface area contributed by atoms with E-state index in [1.807, 2.05) is 0 Å². The first-order chi connectivity index (χ1) is 9.44. The Morgan fingerprint density at radius 2 is 1.90 bits per heavy atom. The molecule has 1 saturated carbocycles. The second-order valence-electron chi connectivity index (χ2n) is 4.58. The molecule has 1 aromatic carbocycles. The summed E-state index contributed by atoms with van der Waals surface area (Å²) in [5.41, 5.74) is -2.14. The predicted molar refractivity (Wildman–Crippen MR) is 69.0 cm³/mol. The van der Waals surface area contributed by atoms with Crippen molar-refractivity contribution in [3.63, 3.8) is 0 Å². The molecule has 0 amide bonds. The number of nitrogens with zero attached hydrogens (tertiary/aromatic N) is 1. The Morgan fingerprint density at radius 1 is 1.30 bits per heavy atom. The summed E-state index contributed by atoms with van der Waals surface area (Å²) < 4.78 is 19.0. The Labute approximate surface area is 123 Å². The van der Waals surface area contributed by atoms with Crippen LogP contribution in [0.15, 0.2) is 22.7 Å². The third-order valence-corrected chi connectivity index (χ3v) is 3.82. The van der Waals surface area contributed by atoms with Gasteiger partial charge in [-0.25, -0.2) is 14.3 Å². The molecule has 0 unspecified atom stereocenters. The number of benzene rings is 1. The molecule has 1 aromatic heterocycles. The number of hydrogen-bond acceptors (Lipinski definition) is 3. The minimum absolute atomic E-state index is 0.112. The number of rotatable bonds is 3. The molecule has 4 nitrogen and oxygen atoms in total. The molecule has 20 heavy (non-hydrogen) atoms. The molecule has 1 aliphatic rings. The lowest BCUT2D eigenvalue weighted by molar-refractivity contribution is 0.0566. The molecular weight excluding hydrogens is 308 g/mol. The first kappa shape index (κ1) is 13.4. The molecule has 0 N–H and O–H groups in total. The van der Waals surface area contributed by atoms with Gasteiger partial charge in [0, 0.05) is 5.56 Å². The van der Waals surface area contributed by atoms with E-state index in [2.05, 4.69) is 5.16 Å². The molecule has 3 rings (SSSR count). The van der Waals surface area contributed by atoms with Crippen LogP contribution in [-0.4, -0.2) is 11.1 Å². The smallest absolute Gasteiger partial charge is 0.356 e. The van der Waals surface area contributed by atoms with Crippen LogP contribution in [-0.2, 0) is 10.8 Å². The predicted octanol–water partition coefficient (Wildman–Crippen LogP) is 4.18. The summed E-state index contributed by atoms with van der Waals surface area (Å²) in [4.78, 5) is 11.3. The van der Waals surface area contributed by atoms with Gasteiger partial charge in [0.2, 0.25) is 0 Å². The Balaban J connectivity index is 2.25. The Bertz CT molecular complexity index is 689. The highest BCUT2D eigenvalue weighted by Gasteiger charge is 2.52.